The molecule has 1 saturated carbocycles. The fraction of sp³-hybridized carbons (Fsp3) is 0.333. The molecule has 1 aromatic carbocycles. The normalized spacial score (nSPS) is 22.6. The highest BCUT2D eigenvalue weighted by Gasteiger charge is 2.41. The molecule has 0 spiro atoms. The number of fused-ring (bicyclic) bond motifs is 3. The topological polar surface area (TPSA) is 37.6 Å². The second-order valence-corrected chi connectivity index (χ2v) is 7.97. The van der Waals surface area contributed by atoms with Gasteiger partial charge in [-0.1, -0.05) is 23.7 Å². The van der Waals surface area contributed by atoms with Crippen LogP contribution in [0.15, 0.2) is 35.8 Å². The third-order valence-electron chi connectivity index (χ3n) is 5.22. The van der Waals surface area contributed by atoms with Gasteiger partial charge in [-0.2, -0.15) is 0 Å². The highest BCUT2D eigenvalue weighted by Crippen LogP contribution is 2.38. The van der Waals surface area contributed by atoms with Gasteiger partial charge in [-0.25, -0.2) is 4.98 Å². The molecule has 2 aliphatic rings. The summed E-state index contributed by atoms with van der Waals surface area (Å²) in [5.41, 5.74) is 2.54. The van der Waals surface area contributed by atoms with Crippen molar-refractivity contribution >= 4 is 33.8 Å². The smallest absolute Gasteiger partial charge is 0.272 e. The van der Waals surface area contributed by atoms with Crippen molar-refractivity contribution in [1.29, 1.82) is 0 Å². The van der Waals surface area contributed by atoms with Crippen LogP contribution in [0.2, 0.25) is 5.02 Å². The van der Waals surface area contributed by atoms with Crippen LogP contribution in [-0.4, -0.2) is 32.8 Å². The monoisotopic (exact) mass is 357 g/mol. The number of thiazole rings is 1. The van der Waals surface area contributed by atoms with Crippen molar-refractivity contribution in [1.82, 2.24) is 14.3 Å². The van der Waals surface area contributed by atoms with Crippen LogP contribution >= 0.6 is 22.9 Å². The minimum absolute atomic E-state index is 0.142. The number of hydrogen-bond donors (Lipinski definition) is 0. The molecule has 2 aromatic heterocycles. The maximum Gasteiger partial charge on any atom is 0.272 e. The quantitative estimate of drug-likeness (QED) is 0.684. The zero-order valence-electron chi connectivity index (χ0n) is 13.0. The summed E-state index contributed by atoms with van der Waals surface area (Å²) < 4.78 is 1.93. The molecule has 3 heterocycles. The summed E-state index contributed by atoms with van der Waals surface area (Å²) in [4.78, 5) is 20.5. The van der Waals surface area contributed by atoms with Gasteiger partial charge in [-0.05, 0) is 37.3 Å². The van der Waals surface area contributed by atoms with Crippen LogP contribution in [0.5, 0.6) is 0 Å². The summed E-state index contributed by atoms with van der Waals surface area (Å²) in [6.45, 7) is 0.913. The summed E-state index contributed by atoms with van der Waals surface area (Å²) in [5, 5.41) is 2.62. The second-order valence-electron chi connectivity index (χ2n) is 6.70. The van der Waals surface area contributed by atoms with Crippen molar-refractivity contribution in [3.05, 3.63) is 46.6 Å². The number of carbonyl (C=O) groups is 1. The number of aromatic nitrogens is 2. The SMILES string of the molecule is O=C(c1csc2nc(-c3cccc(Cl)c3)cn12)N1C[C@H]2CC[C@H]1C2. The van der Waals surface area contributed by atoms with Gasteiger partial charge in [-0.3, -0.25) is 9.20 Å². The number of amides is 1. The Bertz CT molecular complexity index is 947. The molecular weight excluding hydrogens is 342 g/mol. The van der Waals surface area contributed by atoms with E-state index < -0.39 is 0 Å². The number of imidazole rings is 1. The van der Waals surface area contributed by atoms with E-state index in [1.807, 2.05) is 40.2 Å². The lowest BCUT2D eigenvalue weighted by atomic mass is 10.1. The first-order chi connectivity index (χ1) is 11.7. The zero-order chi connectivity index (χ0) is 16.3. The molecule has 1 saturated heterocycles. The van der Waals surface area contributed by atoms with E-state index in [2.05, 4.69) is 9.88 Å². The molecule has 24 heavy (non-hydrogen) atoms. The molecule has 2 bridgehead atoms. The van der Waals surface area contributed by atoms with E-state index in [1.165, 1.54) is 24.2 Å². The van der Waals surface area contributed by atoms with Crippen LogP contribution in [-0.2, 0) is 0 Å². The minimum atomic E-state index is 0.142. The Labute approximate surface area is 148 Å². The van der Waals surface area contributed by atoms with Crippen molar-refractivity contribution in [3.8, 4) is 11.3 Å². The average Bonchev–Trinajstić information content (AvgIpc) is 3.33. The predicted molar refractivity (Wildman–Crippen MR) is 95.7 cm³/mol. The molecule has 122 valence electrons. The van der Waals surface area contributed by atoms with Crippen LogP contribution in [0.25, 0.3) is 16.2 Å². The van der Waals surface area contributed by atoms with Crippen LogP contribution in [0, 0.1) is 5.92 Å². The number of benzene rings is 1. The van der Waals surface area contributed by atoms with Gasteiger partial charge in [0, 0.05) is 34.7 Å². The van der Waals surface area contributed by atoms with E-state index >= 15 is 0 Å². The van der Waals surface area contributed by atoms with Gasteiger partial charge in [0.1, 0.15) is 5.69 Å². The highest BCUT2D eigenvalue weighted by molar-refractivity contribution is 7.15. The second kappa shape index (κ2) is 5.33. The summed E-state index contributed by atoms with van der Waals surface area (Å²) in [6.07, 6.45) is 5.55. The fourth-order valence-electron chi connectivity index (χ4n) is 4.05. The molecule has 0 radical (unpaired) electrons. The Morgan fingerprint density at radius 1 is 1.33 bits per heavy atom. The molecule has 1 amide bonds. The van der Waals surface area contributed by atoms with Crippen molar-refractivity contribution in [2.24, 2.45) is 5.92 Å². The van der Waals surface area contributed by atoms with E-state index in [0.717, 1.165) is 34.9 Å². The van der Waals surface area contributed by atoms with Crippen molar-refractivity contribution in [3.63, 3.8) is 0 Å². The Morgan fingerprint density at radius 3 is 3.00 bits per heavy atom. The standard InChI is InChI=1S/C18H16ClN3OS/c19-13-3-1-2-12(7-13)15-9-22-16(10-24-18(22)20-15)17(23)21-8-11-4-5-14(21)6-11/h1-3,7,9-11,14H,4-6,8H2/t11-,14-/m0/s1. The number of rotatable bonds is 2. The molecule has 5 rings (SSSR count). The molecule has 1 aliphatic heterocycles. The first-order valence-electron chi connectivity index (χ1n) is 8.22. The number of halogens is 1. The Hall–Kier alpha value is -1.85. The number of nitrogens with zero attached hydrogens (tertiary/aromatic N) is 3. The van der Waals surface area contributed by atoms with Crippen molar-refractivity contribution < 1.29 is 4.79 Å². The largest absolute Gasteiger partial charge is 0.334 e. The van der Waals surface area contributed by atoms with E-state index in [9.17, 15) is 4.79 Å². The Kier molecular flexibility index (Phi) is 3.22. The number of piperidine rings is 1. The summed E-state index contributed by atoms with van der Waals surface area (Å²) in [6, 6.07) is 8.08. The van der Waals surface area contributed by atoms with Gasteiger partial charge in [0.2, 0.25) is 0 Å². The maximum atomic E-state index is 13.0. The van der Waals surface area contributed by atoms with Gasteiger partial charge in [0.05, 0.1) is 5.69 Å². The van der Waals surface area contributed by atoms with Crippen molar-refractivity contribution in [2.75, 3.05) is 6.54 Å². The summed E-state index contributed by atoms with van der Waals surface area (Å²) in [5.74, 6) is 0.848. The van der Waals surface area contributed by atoms with Gasteiger partial charge in [0.15, 0.2) is 4.96 Å². The van der Waals surface area contributed by atoms with Gasteiger partial charge in [0.25, 0.3) is 5.91 Å². The van der Waals surface area contributed by atoms with Gasteiger partial charge in [-0.15, -0.1) is 11.3 Å². The molecule has 1 aliphatic carbocycles. The highest BCUT2D eigenvalue weighted by atomic mass is 35.5. The Morgan fingerprint density at radius 2 is 2.25 bits per heavy atom. The molecule has 6 heteroatoms. The Balaban J connectivity index is 1.52. The van der Waals surface area contributed by atoms with E-state index in [0.29, 0.717) is 17.0 Å². The lowest BCUT2D eigenvalue weighted by molar-refractivity contribution is 0.0697. The average molecular weight is 358 g/mol. The van der Waals surface area contributed by atoms with Crippen LogP contribution in [0.4, 0.5) is 0 Å². The molecule has 3 aromatic rings. The number of hydrogen-bond acceptors (Lipinski definition) is 3. The van der Waals surface area contributed by atoms with Crippen LogP contribution in [0.1, 0.15) is 29.8 Å². The lowest BCUT2D eigenvalue weighted by Gasteiger charge is -2.26. The molecule has 2 fully saturated rings. The number of likely N-dealkylation sites (tertiary alicyclic amines) is 1. The first kappa shape index (κ1) is 14.5. The first-order valence-corrected chi connectivity index (χ1v) is 9.48. The third-order valence-corrected chi connectivity index (χ3v) is 6.29. The molecule has 4 nitrogen and oxygen atoms in total. The zero-order valence-corrected chi connectivity index (χ0v) is 14.6. The van der Waals surface area contributed by atoms with Crippen molar-refractivity contribution in [2.45, 2.75) is 25.3 Å². The van der Waals surface area contributed by atoms with Crippen LogP contribution < -0.4 is 0 Å². The van der Waals surface area contributed by atoms with Crippen LogP contribution in [0.3, 0.4) is 0 Å². The third kappa shape index (κ3) is 2.19. The molecule has 2 atom stereocenters. The van der Waals surface area contributed by atoms with E-state index in [1.54, 1.807) is 0 Å². The maximum absolute atomic E-state index is 13.0. The molecule has 0 N–H and O–H groups in total. The summed E-state index contributed by atoms with van der Waals surface area (Å²) in [7, 11) is 0. The van der Waals surface area contributed by atoms with E-state index in [4.69, 9.17) is 11.6 Å². The number of carbonyl (C=O) groups excluding carboxylic acids is 1. The predicted octanol–water partition coefficient (Wildman–Crippen LogP) is 4.34. The lowest BCUT2D eigenvalue weighted by Crippen LogP contribution is -2.38. The fourth-order valence-corrected chi connectivity index (χ4v) is 5.08. The van der Waals surface area contributed by atoms with E-state index in [-0.39, 0.29) is 5.91 Å². The molecular formula is C18H16ClN3OS. The molecule has 0 unspecified atom stereocenters. The minimum Gasteiger partial charge on any atom is -0.334 e. The summed E-state index contributed by atoms with van der Waals surface area (Å²) >= 11 is 7.59. The van der Waals surface area contributed by atoms with Gasteiger partial charge >= 0.3 is 0 Å². The van der Waals surface area contributed by atoms with Gasteiger partial charge < -0.3 is 4.90 Å².